The minimum absolute atomic E-state index is 0.169. The summed E-state index contributed by atoms with van der Waals surface area (Å²) in [7, 11) is 0. The summed E-state index contributed by atoms with van der Waals surface area (Å²) >= 11 is 17.6. The highest BCUT2D eigenvalue weighted by molar-refractivity contribution is 6.44. The molecule has 0 bridgehead atoms. The van der Waals surface area contributed by atoms with Crippen LogP contribution in [0, 0.1) is 0 Å². The maximum Gasteiger partial charge on any atom is 0.257 e. The molecule has 0 radical (unpaired) electrons. The van der Waals surface area contributed by atoms with Gasteiger partial charge >= 0.3 is 0 Å². The molecule has 0 spiro atoms. The lowest BCUT2D eigenvalue weighted by Crippen LogP contribution is -2.13. The number of carbonyl (C=O) groups is 1. The Hall–Kier alpha value is -1.42. The number of nitrogen functional groups attached to an aromatic ring is 1. The highest BCUT2D eigenvalue weighted by atomic mass is 35.5. The number of halogens is 3. The van der Waals surface area contributed by atoms with Crippen LogP contribution in [0.25, 0.3) is 0 Å². The second-order valence-corrected chi connectivity index (χ2v) is 5.05. The summed E-state index contributed by atoms with van der Waals surface area (Å²) in [6.45, 7) is 0. The topological polar surface area (TPSA) is 55.1 Å². The molecule has 98 valence electrons. The smallest absolute Gasteiger partial charge is 0.257 e. The zero-order chi connectivity index (χ0) is 14.0. The largest absolute Gasteiger partial charge is 0.399 e. The Kier molecular flexibility index (Phi) is 4.20. The minimum Gasteiger partial charge on any atom is -0.399 e. The molecule has 0 atom stereocenters. The van der Waals surface area contributed by atoms with Crippen molar-refractivity contribution in [2.24, 2.45) is 0 Å². The van der Waals surface area contributed by atoms with Crippen LogP contribution in [0.1, 0.15) is 10.4 Å². The first-order valence-corrected chi connectivity index (χ1v) is 6.42. The van der Waals surface area contributed by atoms with Crippen LogP contribution in [0.3, 0.4) is 0 Å². The number of nitrogens with two attached hydrogens (primary N) is 1. The Morgan fingerprint density at radius 2 is 1.68 bits per heavy atom. The van der Waals surface area contributed by atoms with Gasteiger partial charge in [-0.15, -0.1) is 0 Å². The lowest BCUT2D eigenvalue weighted by Gasteiger charge is -2.09. The fourth-order valence-corrected chi connectivity index (χ4v) is 2.06. The number of amides is 1. The van der Waals surface area contributed by atoms with E-state index in [4.69, 9.17) is 40.5 Å². The standard InChI is InChI=1S/C13H9Cl3N2O/c14-7-1-3-9(4-2-7)18-13(19)10-5-8(17)6-11(15)12(10)16/h1-6H,17H2,(H,18,19). The van der Waals surface area contributed by atoms with E-state index in [0.717, 1.165) is 0 Å². The van der Waals surface area contributed by atoms with Crippen LogP contribution in [-0.4, -0.2) is 5.91 Å². The van der Waals surface area contributed by atoms with Crippen LogP contribution in [0.15, 0.2) is 36.4 Å². The van der Waals surface area contributed by atoms with Crippen LogP contribution in [0.4, 0.5) is 11.4 Å². The van der Waals surface area contributed by atoms with E-state index in [1.807, 2.05) is 0 Å². The molecule has 1 amide bonds. The van der Waals surface area contributed by atoms with Crippen molar-refractivity contribution in [2.75, 3.05) is 11.1 Å². The zero-order valence-electron chi connectivity index (χ0n) is 9.58. The lowest BCUT2D eigenvalue weighted by atomic mass is 10.2. The predicted octanol–water partition coefficient (Wildman–Crippen LogP) is 4.48. The van der Waals surface area contributed by atoms with E-state index in [2.05, 4.69) is 5.32 Å². The fraction of sp³-hybridized carbons (Fsp3) is 0. The number of hydrogen-bond donors (Lipinski definition) is 2. The molecular weight excluding hydrogens is 307 g/mol. The van der Waals surface area contributed by atoms with Gasteiger partial charge in [0.15, 0.2) is 0 Å². The van der Waals surface area contributed by atoms with E-state index in [0.29, 0.717) is 16.4 Å². The molecule has 19 heavy (non-hydrogen) atoms. The molecule has 3 nitrogen and oxygen atoms in total. The second-order valence-electron chi connectivity index (χ2n) is 3.83. The van der Waals surface area contributed by atoms with E-state index in [9.17, 15) is 4.79 Å². The number of benzene rings is 2. The quantitative estimate of drug-likeness (QED) is 0.803. The van der Waals surface area contributed by atoms with E-state index >= 15 is 0 Å². The maximum absolute atomic E-state index is 12.1. The van der Waals surface area contributed by atoms with Crippen molar-refractivity contribution in [3.8, 4) is 0 Å². The molecular formula is C13H9Cl3N2O. The summed E-state index contributed by atoms with van der Waals surface area (Å²) < 4.78 is 0. The number of anilines is 2. The van der Waals surface area contributed by atoms with Gasteiger partial charge in [0, 0.05) is 16.4 Å². The Bertz CT molecular complexity index is 627. The van der Waals surface area contributed by atoms with Crippen LogP contribution in [0.5, 0.6) is 0 Å². The van der Waals surface area contributed by atoms with Crippen LogP contribution >= 0.6 is 34.8 Å². The van der Waals surface area contributed by atoms with E-state index in [-0.39, 0.29) is 21.5 Å². The number of hydrogen-bond acceptors (Lipinski definition) is 2. The third kappa shape index (κ3) is 3.32. The SMILES string of the molecule is Nc1cc(Cl)c(Cl)c(C(=O)Nc2ccc(Cl)cc2)c1. The Morgan fingerprint density at radius 1 is 1.05 bits per heavy atom. The summed E-state index contributed by atoms with van der Waals surface area (Å²) in [5, 5.41) is 3.68. The van der Waals surface area contributed by atoms with E-state index in [1.54, 1.807) is 24.3 Å². The van der Waals surface area contributed by atoms with Crippen molar-refractivity contribution < 1.29 is 4.79 Å². The van der Waals surface area contributed by atoms with Gasteiger partial charge in [0.05, 0.1) is 15.6 Å². The zero-order valence-corrected chi connectivity index (χ0v) is 11.9. The molecule has 0 aromatic heterocycles. The Labute approximate surface area is 125 Å². The van der Waals surface area contributed by atoms with Crippen molar-refractivity contribution in [1.29, 1.82) is 0 Å². The molecule has 6 heteroatoms. The normalized spacial score (nSPS) is 10.3. The van der Waals surface area contributed by atoms with E-state index in [1.165, 1.54) is 12.1 Å². The molecule has 2 rings (SSSR count). The van der Waals surface area contributed by atoms with Gasteiger partial charge < -0.3 is 11.1 Å². The molecule has 2 aromatic carbocycles. The first-order chi connectivity index (χ1) is 8.97. The molecule has 0 unspecified atom stereocenters. The molecule has 0 saturated heterocycles. The molecule has 3 N–H and O–H groups in total. The molecule has 0 aliphatic rings. The van der Waals surface area contributed by atoms with Gasteiger partial charge in [-0.2, -0.15) is 0 Å². The molecule has 2 aromatic rings. The summed E-state index contributed by atoms with van der Waals surface area (Å²) in [6.07, 6.45) is 0. The predicted molar refractivity (Wildman–Crippen MR) is 80.3 cm³/mol. The second kappa shape index (κ2) is 5.70. The molecule has 0 heterocycles. The van der Waals surface area contributed by atoms with E-state index < -0.39 is 0 Å². The summed E-state index contributed by atoms with van der Waals surface area (Å²) in [4.78, 5) is 12.1. The highest BCUT2D eigenvalue weighted by Crippen LogP contribution is 2.29. The van der Waals surface area contributed by atoms with Crippen LogP contribution in [0.2, 0.25) is 15.1 Å². The van der Waals surface area contributed by atoms with Gasteiger partial charge in [0.2, 0.25) is 0 Å². The maximum atomic E-state index is 12.1. The van der Waals surface area contributed by atoms with Gasteiger partial charge in [-0.25, -0.2) is 0 Å². The van der Waals surface area contributed by atoms with Gasteiger partial charge in [0.1, 0.15) is 0 Å². The number of nitrogens with one attached hydrogen (secondary N) is 1. The third-order valence-electron chi connectivity index (χ3n) is 2.40. The monoisotopic (exact) mass is 314 g/mol. The molecule has 0 saturated carbocycles. The molecule has 0 aliphatic heterocycles. The fourth-order valence-electron chi connectivity index (χ4n) is 1.51. The molecule has 0 fully saturated rings. The van der Waals surface area contributed by atoms with Gasteiger partial charge in [-0.05, 0) is 36.4 Å². The minimum atomic E-state index is -0.387. The Morgan fingerprint density at radius 3 is 2.32 bits per heavy atom. The summed E-state index contributed by atoms with van der Waals surface area (Å²) in [5.74, 6) is -0.387. The van der Waals surface area contributed by atoms with Crippen molar-refractivity contribution in [2.45, 2.75) is 0 Å². The Balaban J connectivity index is 2.27. The third-order valence-corrected chi connectivity index (χ3v) is 3.45. The summed E-state index contributed by atoms with van der Waals surface area (Å²) in [5.41, 5.74) is 6.83. The average Bonchev–Trinajstić information content (AvgIpc) is 2.36. The van der Waals surface area contributed by atoms with Crippen molar-refractivity contribution in [3.05, 3.63) is 57.0 Å². The molecule has 0 aliphatic carbocycles. The van der Waals surface area contributed by atoms with Crippen molar-refractivity contribution in [3.63, 3.8) is 0 Å². The van der Waals surface area contributed by atoms with Gasteiger partial charge in [-0.3, -0.25) is 4.79 Å². The number of carbonyl (C=O) groups excluding carboxylic acids is 1. The van der Waals surface area contributed by atoms with Crippen LogP contribution < -0.4 is 11.1 Å². The summed E-state index contributed by atoms with van der Waals surface area (Å²) in [6, 6.07) is 9.67. The lowest BCUT2D eigenvalue weighted by molar-refractivity contribution is 0.102. The first kappa shape index (κ1) is 14.0. The van der Waals surface area contributed by atoms with Gasteiger partial charge in [-0.1, -0.05) is 34.8 Å². The van der Waals surface area contributed by atoms with Crippen molar-refractivity contribution >= 4 is 52.1 Å². The van der Waals surface area contributed by atoms with Crippen LogP contribution in [-0.2, 0) is 0 Å². The number of rotatable bonds is 2. The van der Waals surface area contributed by atoms with Gasteiger partial charge in [0.25, 0.3) is 5.91 Å². The first-order valence-electron chi connectivity index (χ1n) is 5.29. The van der Waals surface area contributed by atoms with Crippen molar-refractivity contribution in [1.82, 2.24) is 0 Å². The highest BCUT2D eigenvalue weighted by Gasteiger charge is 2.14. The average molecular weight is 316 g/mol.